The number of anilines is 2. The number of nitriles is 1. The zero-order valence-corrected chi connectivity index (χ0v) is 32.3. The lowest BCUT2D eigenvalue weighted by atomic mass is 9.95. The Morgan fingerprint density at radius 1 is 1.25 bits per heavy atom. The monoisotopic (exact) mass is 799 g/mol. The molecule has 0 unspecified atom stereocenters. The van der Waals surface area contributed by atoms with Gasteiger partial charge in [-0.05, 0) is 59.2 Å². The van der Waals surface area contributed by atoms with Crippen LogP contribution in [0.15, 0.2) is 12.1 Å². The van der Waals surface area contributed by atoms with Crippen LogP contribution in [0.4, 0.5) is 33.2 Å². The second-order valence-corrected chi connectivity index (χ2v) is 17.1. The third-order valence-corrected chi connectivity index (χ3v) is 11.7. The molecule has 0 radical (unpaired) electrons. The summed E-state index contributed by atoms with van der Waals surface area (Å²) in [5.41, 5.74) is -2.40. The van der Waals surface area contributed by atoms with Crippen LogP contribution in [-0.4, -0.2) is 109 Å². The SMILES string of the molecule is Cn1c2nc(OC[C@@]34CCCN3C[C@H](F)C4)nc(N3CCOC[C@@](C)(O)C3)c2c2nn(C(F)F)c(-c3ccc(F)c4sc(NC(=O)OC(C)(C)C)c(C#N)c34)c21. The molecular formula is C37H41F4N9O5S. The Hall–Kier alpha value is -4.77. The maximum absolute atomic E-state index is 15.5. The molecule has 3 atom stereocenters. The van der Waals surface area contributed by atoms with Crippen LogP contribution in [-0.2, 0) is 16.5 Å². The lowest BCUT2D eigenvalue weighted by molar-refractivity contribution is -0.0123. The number of alkyl halides is 3. The van der Waals surface area contributed by atoms with Crippen LogP contribution >= 0.6 is 11.3 Å². The summed E-state index contributed by atoms with van der Waals surface area (Å²) in [4.78, 5) is 26.2. The van der Waals surface area contributed by atoms with E-state index in [0.29, 0.717) is 17.6 Å². The number of aryl methyl sites for hydroxylation is 1. The fourth-order valence-corrected chi connectivity index (χ4v) is 9.43. The van der Waals surface area contributed by atoms with Gasteiger partial charge in [0.15, 0.2) is 5.65 Å². The molecule has 56 heavy (non-hydrogen) atoms. The lowest BCUT2D eigenvalue weighted by Crippen LogP contribution is -2.44. The molecule has 3 aliphatic rings. The van der Waals surface area contributed by atoms with Gasteiger partial charge < -0.3 is 28.8 Å². The summed E-state index contributed by atoms with van der Waals surface area (Å²) >= 11 is 0.775. The highest BCUT2D eigenvalue weighted by Gasteiger charge is 2.49. The quantitative estimate of drug-likeness (QED) is 0.174. The van der Waals surface area contributed by atoms with Crippen molar-refractivity contribution in [3.8, 4) is 23.3 Å². The second-order valence-electron chi connectivity index (χ2n) is 16.0. The van der Waals surface area contributed by atoms with Crippen molar-refractivity contribution in [3.05, 3.63) is 23.5 Å². The molecule has 1 amide bonds. The Morgan fingerprint density at radius 2 is 2.04 bits per heavy atom. The Balaban J connectivity index is 1.34. The number of nitrogens with zero attached hydrogens (tertiary/aromatic N) is 8. The fraction of sp³-hybridized carbons (Fsp3) is 0.541. The minimum atomic E-state index is -3.19. The zero-order valence-electron chi connectivity index (χ0n) is 31.5. The van der Waals surface area contributed by atoms with Crippen molar-refractivity contribution in [3.63, 3.8) is 0 Å². The summed E-state index contributed by atoms with van der Waals surface area (Å²) in [7, 11) is 1.62. The third kappa shape index (κ3) is 6.55. The van der Waals surface area contributed by atoms with Gasteiger partial charge in [-0.2, -0.15) is 29.1 Å². The molecule has 0 bridgehead atoms. The van der Waals surface area contributed by atoms with E-state index in [2.05, 4.69) is 15.3 Å². The molecule has 2 N–H and O–H groups in total. The summed E-state index contributed by atoms with van der Waals surface area (Å²) < 4.78 is 79.8. The highest BCUT2D eigenvalue weighted by Crippen LogP contribution is 2.47. The van der Waals surface area contributed by atoms with Gasteiger partial charge in [-0.1, -0.05) is 0 Å². The number of aliphatic hydroxyl groups is 1. The van der Waals surface area contributed by atoms with Crippen LogP contribution in [0.2, 0.25) is 0 Å². The number of carbonyl (C=O) groups excluding carboxylic acids is 1. The molecule has 8 rings (SSSR count). The minimum absolute atomic E-state index is 0.00309. The predicted octanol–water partition coefficient (Wildman–Crippen LogP) is 6.50. The number of benzene rings is 1. The number of thiophene rings is 1. The van der Waals surface area contributed by atoms with E-state index in [1.54, 1.807) is 44.2 Å². The van der Waals surface area contributed by atoms with Gasteiger partial charge >= 0.3 is 18.7 Å². The minimum Gasteiger partial charge on any atom is -0.461 e. The normalized spacial score (nSPS) is 23.3. The van der Waals surface area contributed by atoms with E-state index >= 15 is 13.2 Å². The fourth-order valence-electron chi connectivity index (χ4n) is 8.37. The molecule has 7 heterocycles. The molecule has 3 saturated heterocycles. The van der Waals surface area contributed by atoms with Gasteiger partial charge in [0.25, 0.3) is 0 Å². The molecular weight excluding hydrogens is 759 g/mol. The average Bonchev–Trinajstić information content (AvgIpc) is 3.88. The molecule has 4 aromatic heterocycles. The Bertz CT molecular complexity index is 2420. The maximum atomic E-state index is 15.5. The molecule has 14 nitrogen and oxygen atoms in total. The molecule has 3 fully saturated rings. The van der Waals surface area contributed by atoms with E-state index in [-0.39, 0.29) is 98.7 Å². The van der Waals surface area contributed by atoms with Gasteiger partial charge in [0.2, 0.25) is 0 Å². The van der Waals surface area contributed by atoms with Crippen LogP contribution in [0.3, 0.4) is 0 Å². The number of rotatable bonds is 7. The van der Waals surface area contributed by atoms with Crippen LogP contribution in [0.5, 0.6) is 6.01 Å². The van der Waals surface area contributed by atoms with Crippen LogP contribution in [0, 0.1) is 17.1 Å². The Labute approximate surface area is 322 Å². The smallest absolute Gasteiger partial charge is 0.412 e. The molecule has 5 aromatic rings. The number of carbonyl (C=O) groups is 1. The van der Waals surface area contributed by atoms with E-state index < -0.39 is 41.4 Å². The predicted molar refractivity (Wildman–Crippen MR) is 201 cm³/mol. The van der Waals surface area contributed by atoms with Gasteiger partial charge in [-0.15, -0.1) is 11.3 Å². The topological polar surface area (TPSA) is 156 Å². The molecule has 298 valence electrons. The highest BCUT2D eigenvalue weighted by molar-refractivity contribution is 7.23. The second kappa shape index (κ2) is 13.7. The van der Waals surface area contributed by atoms with E-state index in [9.17, 15) is 19.6 Å². The largest absolute Gasteiger partial charge is 0.461 e. The highest BCUT2D eigenvalue weighted by atomic mass is 32.1. The molecule has 19 heteroatoms. The molecule has 0 saturated carbocycles. The first-order valence-electron chi connectivity index (χ1n) is 18.3. The molecule has 0 aliphatic carbocycles. The van der Waals surface area contributed by atoms with Crippen molar-refractivity contribution in [1.82, 2.24) is 29.2 Å². The van der Waals surface area contributed by atoms with Crippen LogP contribution < -0.4 is 15.0 Å². The molecule has 3 aliphatic heterocycles. The third-order valence-electron chi connectivity index (χ3n) is 10.6. The van der Waals surface area contributed by atoms with Gasteiger partial charge in [0.1, 0.15) is 52.2 Å². The summed E-state index contributed by atoms with van der Waals surface area (Å²) in [5.74, 6) is -0.477. The van der Waals surface area contributed by atoms with Crippen molar-refractivity contribution in [2.45, 2.75) is 76.4 Å². The maximum Gasteiger partial charge on any atom is 0.412 e. The number of hydrogen-bond acceptors (Lipinski definition) is 12. The summed E-state index contributed by atoms with van der Waals surface area (Å²) in [6, 6.07) is 4.40. The van der Waals surface area contributed by atoms with Crippen molar-refractivity contribution in [2.75, 3.05) is 56.2 Å². The van der Waals surface area contributed by atoms with Crippen molar-refractivity contribution < 1.29 is 41.7 Å². The zero-order chi connectivity index (χ0) is 39.9. The van der Waals surface area contributed by atoms with Gasteiger partial charge in [-0.25, -0.2) is 18.3 Å². The van der Waals surface area contributed by atoms with Gasteiger partial charge in [-0.3, -0.25) is 10.2 Å². The van der Waals surface area contributed by atoms with Crippen molar-refractivity contribution >= 4 is 60.4 Å². The number of aromatic nitrogens is 5. The summed E-state index contributed by atoms with van der Waals surface area (Å²) in [6.07, 6.45) is 0.121. The first kappa shape index (κ1) is 38.1. The van der Waals surface area contributed by atoms with E-state index in [0.717, 1.165) is 36.8 Å². The number of amides is 1. The lowest BCUT2D eigenvalue weighted by Gasteiger charge is -2.31. The number of hydrogen-bond donors (Lipinski definition) is 2. The number of β-amino-alcohol motifs (C(OH)–C–C–N with tert-alkyl or cyclic N) is 1. The van der Waals surface area contributed by atoms with Gasteiger partial charge in [0, 0.05) is 37.5 Å². The number of fused-ring (bicyclic) bond motifs is 5. The number of ether oxygens (including phenoxy) is 3. The van der Waals surface area contributed by atoms with E-state index in [1.807, 2.05) is 6.07 Å². The van der Waals surface area contributed by atoms with Crippen LogP contribution in [0.25, 0.3) is 43.4 Å². The number of halogens is 4. The average molecular weight is 800 g/mol. The molecule has 0 spiro atoms. The van der Waals surface area contributed by atoms with Crippen LogP contribution in [0.1, 0.15) is 59.1 Å². The first-order chi connectivity index (χ1) is 26.5. The first-order valence-corrected chi connectivity index (χ1v) is 19.1. The summed E-state index contributed by atoms with van der Waals surface area (Å²) in [6.45, 7) is 5.24. The van der Waals surface area contributed by atoms with Crippen molar-refractivity contribution in [2.24, 2.45) is 7.05 Å². The van der Waals surface area contributed by atoms with E-state index in [1.165, 1.54) is 6.07 Å². The Kier molecular flexibility index (Phi) is 9.33. The van der Waals surface area contributed by atoms with Crippen molar-refractivity contribution in [1.29, 1.82) is 5.26 Å². The summed E-state index contributed by atoms with van der Waals surface area (Å²) in [5, 5.41) is 28.8. The number of nitrogens with one attached hydrogen (secondary N) is 1. The standard InChI is InChI=1S/C37H41F4N9O5S/c1-35(2,3)55-34(51)45-31-21(14-42)23-20(7-8-22(39)28(23)56-31)26-27-25(46-50(26)32(40)41)24-29(47(27)5)43-33(44-30(24)48-11-12-53-17-36(4,52)16-48)54-18-37-9-6-10-49(37)15-19(38)13-37/h7-8,19,32,52H,6,9-13,15-18H2,1-5H3,(H,45,51)/t19-,36+,37+/m1/s1. The van der Waals surface area contributed by atoms with Gasteiger partial charge in [0.05, 0.1) is 52.2 Å². The Morgan fingerprint density at radius 3 is 2.77 bits per heavy atom. The van der Waals surface area contributed by atoms with E-state index in [4.69, 9.17) is 24.2 Å². The molecule has 1 aromatic carbocycles.